The van der Waals surface area contributed by atoms with Crippen molar-refractivity contribution in [3.63, 3.8) is 0 Å². The Bertz CT molecular complexity index is 4930. The van der Waals surface area contributed by atoms with Crippen LogP contribution in [0.25, 0.3) is 10.9 Å². The number of aryl methyl sites for hydroxylation is 4. The molecule has 7 aliphatic heterocycles. The lowest BCUT2D eigenvalue weighted by Gasteiger charge is -2.32. The van der Waals surface area contributed by atoms with Crippen LogP contribution >= 0.6 is 0 Å². The van der Waals surface area contributed by atoms with Crippen LogP contribution < -0.4 is 29.4 Å². The summed E-state index contributed by atoms with van der Waals surface area (Å²) in [5.74, 6) is 5.43. The molecule has 14 heterocycles. The van der Waals surface area contributed by atoms with Gasteiger partial charge in [-0.15, -0.1) is 0 Å². The SMILES string of the molecule is CC(C)(C)C.CC(C)(C)c1ccnc2c1COCC2.CC(C)(C)c1cnn2c1CCCC2.CC1CCCc2ncc(C(C)(C)C)n21.CC1COc2ccnn2C1.CCCn1ccc(=O)c2cc(C(C)(C)C)ccc21.CN1C(=O)COc2ccc(C(C)(C)C)cc21.CN1CCOc2cc(C(C)(C)C)cnc21.Cc1nn2c(c1C(C)(C)C)COC(C)(C)C2. The average Bonchev–Trinajstić information content (AvgIpc) is 1.60. The van der Waals surface area contributed by atoms with E-state index >= 15 is 0 Å². The van der Waals surface area contributed by atoms with Crippen LogP contribution in [0.15, 0.2) is 103 Å². The number of pyridine rings is 3. The minimum atomic E-state index is -0.0966. The maximum atomic E-state index is 12.0. The van der Waals surface area contributed by atoms with Gasteiger partial charge in [0.1, 0.15) is 18.2 Å². The number of nitrogens with zero attached hydrogens (tertiary/aromatic N) is 13. The summed E-state index contributed by atoms with van der Waals surface area (Å²) in [6.07, 6.45) is 21.3. The Balaban J connectivity index is 0.000000171. The maximum Gasteiger partial charge on any atom is 0.264 e. The smallest absolute Gasteiger partial charge is 0.264 e. The molecule has 0 bridgehead atoms. The number of ether oxygens (including phenoxy) is 5. The number of imidazole rings is 1. The molecule has 0 fully saturated rings. The third kappa shape index (κ3) is 27.2. The Morgan fingerprint density at radius 1 is 0.562 bits per heavy atom. The fraction of sp³-hybridized carbons (Fsp3) is 0.624. The first-order chi connectivity index (χ1) is 56.0. The number of carbonyl (C=O) groups is 1. The highest BCUT2D eigenvalue weighted by Crippen LogP contribution is 2.40. The van der Waals surface area contributed by atoms with Gasteiger partial charge in [0.05, 0.1) is 86.6 Å². The highest BCUT2D eigenvalue weighted by Gasteiger charge is 2.35. The first-order valence-corrected chi connectivity index (χ1v) is 44.6. The van der Waals surface area contributed by atoms with Crippen LogP contribution in [0.5, 0.6) is 17.4 Å². The third-order valence-electron chi connectivity index (χ3n) is 22.3. The molecule has 2 aromatic carbocycles. The summed E-state index contributed by atoms with van der Waals surface area (Å²) in [5.41, 5.74) is 19.1. The molecule has 666 valence electrons. The monoisotopic (exact) mass is 1660 g/mol. The predicted molar refractivity (Wildman–Crippen MR) is 498 cm³/mol. The van der Waals surface area contributed by atoms with E-state index in [1.807, 2.05) is 54.6 Å². The second-order valence-electron chi connectivity index (χ2n) is 43.4. The lowest BCUT2D eigenvalue weighted by Crippen LogP contribution is -2.36. The topological polar surface area (TPSA) is 189 Å². The van der Waals surface area contributed by atoms with E-state index in [2.05, 4.69) is 311 Å². The van der Waals surface area contributed by atoms with Crippen molar-refractivity contribution in [2.75, 3.05) is 56.9 Å². The Labute approximate surface area is 728 Å². The summed E-state index contributed by atoms with van der Waals surface area (Å²) in [5, 5.41) is 14.0. The molecule has 0 radical (unpaired) electrons. The molecule has 0 saturated carbocycles. The second-order valence-corrected chi connectivity index (χ2v) is 43.4. The van der Waals surface area contributed by atoms with Gasteiger partial charge in [-0.05, 0) is 168 Å². The van der Waals surface area contributed by atoms with E-state index in [9.17, 15) is 9.59 Å². The zero-order chi connectivity index (χ0) is 89.9. The molecule has 2 unspecified atom stereocenters. The highest BCUT2D eigenvalue weighted by molar-refractivity contribution is 5.97. The number of rotatable bonds is 2. The van der Waals surface area contributed by atoms with Crippen LogP contribution in [0.1, 0.15) is 319 Å². The number of amides is 1. The third-order valence-corrected chi connectivity index (χ3v) is 22.3. The maximum absolute atomic E-state index is 12.0. The molecule has 121 heavy (non-hydrogen) atoms. The van der Waals surface area contributed by atoms with Crippen LogP contribution in [0.4, 0.5) is 11.5 Å². The van der Waals surface area contributed by atoms with E-state index in [4.69, 9.17) is 23.7 Å². The number of likely N-dealkylation sites (N-methyl/N-ethyl adjacent to an activating group) is 2. The Kier molecular flexibility index (Phi) is 32.3. The van der Waals surface area contributed by atoms with E-state index in [1.165, 1.54) is 99.6 Å². The molecule has 0 aliphatic carbocycles. The van der Waals surface area contributed by atoms with Gasteiger partial charge in [0.25, 0.3) is 5.91 Å². The van der Waals surface area contributed by atoms with Crippen molar-refractivity contribution in [1.29, 1.82) is 0 Å². The molecule has 9 aromatic rings. The first kappa shape index (κ1) is 97.8. The largest absolute Gasteiger partial charge is 0.488 e. The van der Waals surface area contributed by atoms with Crippen LogP contribution in [0.3, 0.4) is 0 Å². The number of anilines is 2. The summed E-state index contributed by atoms with van der Waals surface area (Å²) in [6.45, 7) is 76.9. The van der Waals surface area contributed by atoms with Gasteiger partial charge in [-0.3, -0.25) is 23.9 Å². The molecular formula is C101H155N13O7. The number of carbonyl (C=O) groups excluding carboxylic acids is 1. The fourth-order valence-corrected chi connectivity index (χ4v) is 15.6. The zero-order valence-corrected chi connectivity index (χ0v) is 81.0. The quantitative estimate of drug-likeness (QED) is 0.159. The molecule has 7 aliphatic rings. The van der Waals surface area contributed by atoms with E-state index in [-0.39, 0.29) is 61.4 Å². The molecule has 2 atom stereocenters. The summed E-state index contributed by atoms with van der Waals surface area (Å²) in [6, 6.07) is 20.7. The van der Waals surface area contributed by atoms with Gasteiger partial charge >= 0.3 is 0 Å². The predicted octanol–water partition coefficient (Wildman–Crippen LogP) is 22.1. The standard InChI is InChI=1S/C16H21NO.C13H22N2O.C13H17NO2.C12H18N2O.C12H20N2.C12H17NO.C11H18N2.C7H10N2O.C5H12/c1-5-9-17-10-8-15(18)13-11-12(16(2,3)4)6-7-14(13)17;1-9-11(12(2,3)4)10-7-16-13(5,6)8-15(10)14-9;1-13(2,3)9-5-6-11-10(7-9)14(4)12(15)8-16-11;1-12(2,3)9-7-10-11(13-8-9)14(4)5-6-15-10;1-9-6-5-7-11-13-8-10(14(9)11)12(2,3)4;1-12(2,3)10-4-6-13-11-5-7-14-8-9(10)11;1-11(2,3)9-8-12-13-7-5-4-6-10(9)13;1-6-4-9-7(10-5-6)2-3-8-9;1-5(2,3)4/h6-8,10-11H,5,9H2,1-4H3;7-8H2,1-6H3;5-7H,8H2,1-4H3;7-8H,5-6H2,1-4H3;8-9H,5-7H2,1-4H3;4,6H,5,7-8H2,1-3H3;8H,4-7H2,1-3H3;2-3,6H,4-5H2,1H3;1-4H3. The molecule has 20 heteroatoms. The normalized spacial score (nSPS) is 17.2. The van der Waals surface area contributed by atoms with E-state index in [0.717, 1.165) is 124 Å². The van der Waals surface area contributed by atoms with Crippen molar-refractivity contribution in [1.82, 2.24) is 53.4 Å². The molecule has 0 N–H and O–H groups in total. The van der Waals surface area contributed by atoms with Crippen molar-refractivity contribution >= 4 is 28.3 Å². The molecule has 16 rings (SSSR count). The Morgan fingerprint density at radius 3 is 1.86 bits per heavy atom. The molecule has 1 amide bonds. The van der Waals surface area contributed by atoms with Crippen LogP contribution in [0.2, 0.25) is 0 Å². The van der Waals surface area contributed by atoms with Gasteiger partial charge < -0.3 is 42.6 Å². The van der Waals surface area contributed by atoms with Crippen LogP contribution in [-0.4, -0.2) is 112 Å². The highest BCUT2D eigenvalue weighted by atomic mass is 16.5. The molecular weight excluding hydrogens is 1510 g/mol. The van der Waals surface area contributed by atoms with Gasteiger partial charge in [0, 0.05) is 128 Å². The molecule has 0 spiro atoms. The van der Waals surface area contributed by atoms with Gasteiger partial charge in [-0.25, -0.2) is 14.6 Å². The number of hydrogen-bond acceptors (Lipinski definition) is 14. The number of fused-ring (bicyclic) bond motifs is 8. The van der Waals surface area contributed by atoms with Crippen LogP contribution in [-0.2, 0) is 111 Å². The summed E-state index contributed by atoms with van der Waals surface area (Å²) in [4.78, 5) is 40.7. The second kappa shape index (κ2) is 39.9. The van der Waals surface area contributed by atoms with Crippen molar-refractivity contribution in [2.24, 2.45) is 11.3 Å². The van der Waals surface area contributed by atoms with Crippen LogP contribution in [0, 0.1) is 18.3 Å². The van der Waals surface area contributed by atoms with Gasteiger partial charge in [-0.2, -0.15) is 15.3 Å². The van der Waals surface area contributed by atoms with Crippen molar-refractivity contribution in [2.45, 2.75) is 355 Å². The van der Waals surface area contributed by atoms with Crippen molar-refractivity contribution in [3.8, 4) is 17.4 Å². The minimum absolute atomic E-state index is 0.00133. The Morgan fingerprint density at radius 2 is 1.22 bits per heavy atom. The van der Waals surface area contributed by atoms with Gasteiger partial charge in [-0.1, -0.05) is 199 Å². The summed E-state index contributed by atoms with van der Waals surface area (Å²) < 4.78 is 38.6. The summed E-state index contributed by atoms with van der Waals surface area (Å²) >= 11 is 0. The van der Waals surface area contributed by atoms with Gasteiger partial charge in [0.2, 0.25) is 5.88 Å². The lowest BCUT2D eigenvalue weighted by atomic mass is 9.83. The number of hydrogen-bond donors (Lipinski definition) is 0. The Hall–Kier alpha value is -8.62. The number of aromatic nitrogens is 11. The molecule has 20 nitrogen and oxygen atoms in total. The van der Waals surface area contributed by atoms with E-state index in [0.29, 0.717) is 24.0 Å². The van der Waals surface area contributed by atoms with Gasteiger partial charge in [0.15, 0.2) is 23.6 Å². The van der Waals surface area contributed by atoms with Crippen molar-refractivity contribution < 1.29 is 28.5 Å². The first-order valence-electron chi connectivity index (χ1n) is 44.6. The fourth-order valence-electron chi connectivity index (χ4n) is 15.6. The minimum Gasteiger partial charge on any atom is -0.488 e. The lowest BCUT2D eigenvalue weighted by molar-refractivity contribution is -0.121. The number of benzene rings is 2. The average molecular weight is 1660 g/mol. The van der Waals surface area contributed by atoms with E-state index < -0.39 is 0 Å². The summed E-state index contributed by atoms with van der Waals surface area (Å²) in [7, 11) is 3.83. The van der Waals surface area contributed by atoms with E-state index in [1.54, 1.807) is 24.2 Å². The van der Waals surface area contributed by atoms with Crippen molar-refractivity contribution in [3.05, 3.63) is 181 Å². The molecule has 7 aromatic heterocycles. The molecule has 0 saturated heterocycles. The zero-order valence-electron chi connectivity index (χ0n) is 81.0.